The number of likely N-dealkylation sites (tertiary alicyclic amines) is 2. The third-order valence-electron chi connectivity index (χ3n) is 14.2. The maximum Gasteiger partial charge on any atom is 0.407 e. The zero-order valence-electron chi connectivity index (χ0n) is 33.9. The van der Waals surface area contributed by atoms with E-state index in [2.05, 4.69) is 51.7 Å². The number of nitrogens with zero attached hydrogens (tertiary/aromatic N) is 4. The topological polar surface area (TPSA) is 162 Å². The zero-order valence-corrected chi connectivity index (χ0v) is 33.9. The quantitative estimate of drug-likeness (QED) is 0.180. The van der Waals surface area contributed by atoms with Gasteiger partial charge in [0.25, 0.3) is 0 Å². The molecule has 2 saturated heterocycles. The van der Waals surface area contributed by atoms with Crippen molar-refractivity contribution >= 4 is 40.6 Å². The highest BCUT2D eigenvalue weighted by atomic mass is 16.5. The molecule has 12 heteroatoms. The lowest BCUT2D eigenvalue weighted by molar-refractivity contribution is -0.135. The van der Waals surface area contributed by atoms with E-state index < -0.39 is 18.2 Å². The molecule has 0 spiro atoms. The van der Waals surface area contributed by atoms with E-state index in [0.29, 0.717) is 36.6 Å². The summed E-state index contributed by atoms with van der Waals surface area (Å²) >= 11 is 0. The molecule has 6 atom stereocenters. The maximum atomic E-state index is 13.8. The van der Waals surface area contributed by atoms with Crippen LogP contribution in [0.5, 0.6) is 0 Å². The minimum absolute atomic E-state index is 0.0321. The third kappa shape index (κ3) is 6.71. The van der Waals surface area contributed by atoms with Gasteiger partial charge < -0.3 is 35.6 Å². The van der Waals surface area contributed by atoms with E-state index >= 15 is 0 Å². The fraction of sp³-hybridized carbons (Fsp3) is 0.578. The van der Waals surface area contributed by atoms with Gasteiger partial charge in [0, 0.05) is 18.8 Å². The number of rotatable bonds is 9. The zero-order chi connectivity index (χ0) is 39.5. The third-order valence-corrected chi connectivity index (χ3v) is 14.2. The summed E-state index contributed by atoms with van der Waals surface area (Å²) in [5.74, 6) is 3.82. The van der Waals surface area contributed by atoms with Crippen LogP contribution < -0.4 is 11.1 Å². The van der Waals surface area contributed by atoms with E-state index in [4.69, 9.17) is 20.4 Å². The first kappa shape index (κ1) is 37.8. The van der Waals surface area contributed by atoms with E-state index in [1.807, 2.05) is 30.6 Å². The van der Waals surface area contributed by atoms with Crippen molar-refractivity contribution in [3.8, 4) is 0 Å². The van der Waals surface area contributed by atoms with Crippen LogP contribution >= 0.6 is 0 Å². The van der Waals surface area contributed by atoms with Gasteiger partial charge in [-0.15, -0.1) is 0 Å². The van der Waals surface area contributed by atoms with Crippen LogP contribution in [0.1, 0.15) is 126 Å². The van der Waals surface area contributed by atoms with Crippen LogP contribution in [0.4, 0.5) is 4.79 Å². The van der Waals surface area contributed by atoms with Crippen LogP contribution in [0, 0.1) is 29.6 Å². The Morgan fingerprint density at radius 1 is 0.877 bits per heavy atom. The molecule has 2 aliphatic heterocycles. The molecule has 6 unspecified atom stereocenters. The average molecular weight is 775 g/mol. The van der Waals surface area contributed by atoms with E-state index in [1.54, 1.807) is 0 Å². The van der Waals surface area contributed by atoms with Crippen molar-refractivity contribution in [1.29, 1.82) is 0 Å². The molecular formula is C45H58N8O4. The van der Waals surface area contributed by atoms with Gasteiger partial charge in [0.2, 0.25) is 11.8 Å². The predicted molar refractivity (Wildman–Crippen MR) is 219 cm³/mol. The summed E-state index contributed by atoms with van der Waals surface area (Å²) in [7, 11) is 1.32. The SMILES string of the molecule is CCC(N)C(=O)N1CCCC1c1nc2c([nH]1)CCC(C1=CC=C(c3ccc4nc(C5CCCN5C(=O)C(NC(=O)OC)C(C)C)[nH]c4c3)C3C4CCC(CC4)C13)=C2. The van der Waals surface area contributed by atoms with E-state index in [0.717, 1.165) is 73.4 Å². The van der Waals surface area contributed by atoms with E-state index in [-0.39, 0.29) is 29.8 Å². The molecule has 12 nitrogen and oxygen atoms in total. The molecule has 2 bridgehead atoms. The lowest BCUT2D eigenvalue weighted by Crippen LogP contribution is -2.51. The number of nitrogens with one attached hydrogen (secondary N) is 3. The van der Waals surface area contributed by atoms with Crippen molar-refractivity contribution in [2.45, 2.75) is 116 Å². The number of methoxy groups -OCH3 is 1. The minimum Gasteiger partial charge on any atom is -0.453 e. The maximum absolute atomic E-state index is 13.8. The number of hydrogen-bond acceptors (Lipinski definition) is 7. The fourth-order valence-corrected chi connectivity index (χ4v) is 11.3. The Kier molecular flexibility index (Phi) is 10.1. The van der Waals surface area contributed by atoms with Crippen molar-refractivity contribution < 1.29 is 19.1 Å². The van der Waals surface area contributed by atoms with Gasteiger partial charge in [-0.05, 0) is 141 Å². The highest BCUT2D eigenvalue weighted by Gasteiger charge is 2.48. The van der Waals surface area contributed by atoms with Gasteiger partial charge in [-0.1, -0.05) is 39.0 Å². The molecule has 7 aliphatic rings. The van der Waals surface area contributed by atoms with Crippen molar-refractivity contribution in [2.24, 2.45) is 35.3 Å². The lowest BCUT2D eigenvalue weighted by atomic mass is 9.52. The number of aryl methyl sites for hydroxylation is 1. The number of aromatic amines is 2. The number of H-pyrrole nitrogens is 2. The highest BCUT2D eigenvalue weighted by Crippen LogP contribution is 2.59. The second-order valence-electron chi connectivity index (χ2n) is 17.7. The normalized spacial score (nSPS) is 27.8. The van der Waals surface area contributed by atoms with Gasteiger partial charge in [-0.2, -0.15) is 0 Å². The Labute approximate surface area is 335 Å². The van der Waals surface area contributed by atoms with Crippen LogP contribution in [0.2, 0.25) is 0 Å². The van der Waals surface area contributed by atoms with Gasteiger partial charge >= 0.3 is 6.09 Å². The summed E-state index contributed by atoms with van der Waals surface area (Å²) in [6.07, 6.45) is 17.8. The molecule has 3 amide bonds. The largest absolute Gasteiger partial charge is 0.453 e. The number of fused-ring (bicyclic) bond motifs is 4. The summed E-state index contributed by atoms with van der Waals surface area (Å²) in [5.41, 5.74) is 15.9. The van der Waals surface area contributed by atoms with Crippen molar-refractivity contribution in [3.63, 3.8) is 0 Å². The molecule has 5 fully saturated rings. The first-order chi connectivity index (χ1) is 27.6. The standard InChI is InChI=1S/C45H58N8O4/c1-5-31(46)43(54)52-20-6-8-36(52)41-47-32-18-14-27(22-34(32)49-41)29-16-17-30(39-26-12-10-25(11-13-26)38(29)39)28-15-19-33-35(23-28)50-42(48-33)37-9-7-21-53(37)44(55)40(24(2)3)51-45(56)57-4/h15-17,19,22-26,31,36-40H,5-14,18,20-21,46H2,1-4H3,(H,47,49)(H,48,50)(H,51,56). The molecule has 3 aromatic rings. The Balaban J connectivity index is 0.997. The molecule has 2 aromatic heterocycles. The fourth-order valence-electron chi connectivity index (χ4n) is 11.3. The Hall–Kier alpha value is -4.71. The van der Waals surface area contributed by atoms with Crippen molar-refractivity contribution in [2.75, 3.05) is 20.2 Å². The van der Waals surface area contributed by atoms with Gasteiger partial charge in [0.1, 0.15) is 17.7 Å². The van der Waals surface area contributed by atoms with Gasteiger partial charge in [-0.25, -0.2) is 14.8 Å². The van der Waals surface area contributed by atoms with Gasteiger partial charge in [0.05, 0.1) is 42.0 Å². The summed E-state index contributed by atoms with van der Waals surface area (Å²) < 4.78 is 4.82. The number of hydrogen-bond donors (Lipinski definition) is 4. The molecule has 5 aliphatic carbocycles. The summed E-state index contributed by atoms with van der Waals surface area (Å²) in [6.45, 7) is 7.20. The Morgan fingerprint density at radius 3 is 2.19 bits per heavy atom. The molecule has 1 aromatic carbocycles. The van der Waals surface area contributed by atoms with Crippen LogP contribution in [0.25, 0.3) is 22.7 Å². The smallest absolute Gasteiger partial charge is 0.407 e. The number of ether oxygens (including phenoxy) is 1. The molecule has 0 radical (unpaired) electrons. The van der Waals surface area contributed by atoms with E-state index in [9.17, 15) is 14.4 Å². The van der Waals surface area contributed by atoms with Crippen molar-refractivity contribution in [3.05, 3.63) is 70.1 Å². The number of carbonyl (C=O) groups excluding carboxylic acids is 3. The summed E-state index contributed by atoms with van der Waals surface area (Å²) in [5, 5.41) is 2.75. The second kappa shape index (κ2) is 15.2. The number of alkyl carbamates (subject to hydrolysis) is 1. The van der Waals surface area contributed by atoms with Gasteiger partial charge in [0.15, 0.2) is 0 Å². The van der Waals surface area contributed by atoms with E-state index in [1.165, 1.54) is 60.8 Å². The molecule has 57 heavy (non-hydrogen) atoms. The number of nitrogens with two attached hydrogens (primary N) is 1. The van der Waals surface area contributed by atoms with Crippen LogP contribution in [-0.4, -0.2) is 79.9 Å². The summed E-state index contributed by atoms with van der Waals surface area (Å²) in [6, 6.07) is 5.30. The lowest BCUT2D eigenvalue weighted by Gasteiger charge is -2.52. The number of allylic oxidation sites excluding steroid dienone is 5. The summed E-state index contributed by atoms with van der Waals surface area (Å²) in [4.78, 5) is 60.3. The van der Waals surface area contributed by atoms with Crippen molar-refractivity contribution in [1.82, 2.24) is 35.1 Å². The highest BCUT2D eigenvalue weighted by molar-refractivity contribution is 5.87. The van der Waals surface area contributed by atoms with Crippen LogP contribution in [0.3, 0.4) is 0 Å². The molecular weight excluding hydrogens is 717 g/mol. The van der Waals surface area contributed by atoms with Crippen LogP contribution in [-0.2, 0) is 20.7 Å². The molecule has 5 N–H and O–H groups in total. The number of carbonyl (C=O) groups is 3. The minimum atomic E-state index is -0.669. The monoisotopic (exact) mass is 774 g/mol. The molecule has 4 heterocycles. The Bertz CT molecular complexity index is 2150. The second-order valence-corrected chi connectivity index (χ2v) is 17.7. The molecule has 3 saturated carbocycles. The van der Waals surface area contributed by atoms with Gasteiger partial charge in [-0.3, -0.25) is 9.59 Å². The number of aromatic nitrogens is 4. The number of imidazole rings is 2. The average Bonchev–Trinajstić information content (AvgIpc) is 4.07. The number of benzene rings is 1. The number of amides is 3. The first-order valence-electron chi connectivity index (χ1n) is 21.6. The first-order valence-corrected chi connectivity index (χ1v) is 21.6. The predicted octanol–water partition coefficient (Wildman–Crippen LogP) is 7.14. The van der Waals surface area contributed by atoms with Crippen LogP contribution in [0.15, 0.2) is 41.5 Å². The molecule has 302 valence electrons. The Morgan fingerprint density at radius 2 is 1.53 bits per heavy atom. The molecule has 10 rings (SSSR count).